The molecule has 1 aromatic heterocycles. The van der Waals surface area contributed by atoms with Crippen LogP contribution in [0.3, 0.4) is 0 Å². The zero-order valence-electron chi connectivity index (χ0n) is 11.0. The Labute approximate surface area is 103 Å². The lowest BCUT2D eigenvalue weighted by Gasteiger charge is -2.30. The molecule has 5 nitrogen and oxygen atoms in total. The van der Waals surface area contributed by atoms with Crippen molar-refractivity contribution in [3.63, 3.8) is 0 Å². The number of anilines is 1. The summed E-state index contributed by atoms with van der Waals surface area (Å²) in [6.07, 6.45) is 2.30. The van der Waals surface area contributed by atoms with Gasteiger partial charge in [0.15, 0.2) is 0 Å². The van der Waals surface area contributed by atoms with Crippen molar-refractivity contribution in [2.24, 2.45) is 11.7 Å². The van der Waals surface area contributed by atoms with Gasteiger partial charge in [-0.15, -0.1) is 5.10 Å². The van der Waals surface area contributed by atoms with Gasteiger partial charge in [-0.2, -0.15) is 4.98 Å². The van der Waals surface area contributed by atoms with Gasteiger partial charge < -0.3 is 10.6 Å². The summed E-state index contributed by atoms with van der Waals surface area (Å²) in [5.41, 5.74) is 5.72. The monoisotopic (exact) mass is 237 g/mol. The van der Waals surface area contributed by atoms with Gasteiger partial charge in [0.2, 0.25) is 5.95 Å². The molecule has 1 fully saturated rings. The second kappa shape index (κ2) is 4.64. The van der Waals surface area contributed by atoms with E-state index in [9.17, 15) is 0 Å². The molecule has 0 atom stereocenters. The summed E-state index contributed by atoms with van der Waals surface area (Å²) < 4.78 is 0. The van der Waals surface area contributed by atoms with Crippen molar-refractivity contribution in [2.45, 2.75) is 39.0 Å². The highest BCUT2D eigenvalue weighted by Crippen LogP contribution is 2.23. The maximum Gasteiger partial charge on any atom is 0.244 e. The summed E-state index contributed by atoms with van der Waals surface area (Å²) in [5, 5.41) is 7.36. The molecule has 1 saturated heterocycles. The Morgan fingerprint density at radius 3 is 2.47 bits per heavy atom. The van der Waals surface area contributed by atoms with Crippen LogP contribution in [0, 0.1) is 5.92 Å². The zero-order valence-corrected chi connectivity index (χ0v) is 11.0. The minimum Gasteiger partial charge on any atom is -0.340 e. The highest BCUT2D eigenvalue weighted by Gasteiger charge is 2.23. The topological polar surface area (TPSA) is 70.8 Å². The molecular formula is C12H23N5. The maximum absolute atomic E-state index is 5.69. The quantitative estimate of drug-likeness (QED) is 0.813. The lowest BCUT2D eigenvalue weighted by Crippen LogP contribution is -2.36. The highest BCUT2D eigenvalue weighted by atomic mass is 15.4. The maximum atomic E-state index is 5.69. The number of aromatic amines is 1. The SMILES string of the molecule is CC(C)(C)c1nc(N2CCC(CN)CC2)n[nH]1. The van der Waals surface area contributed by atoms with Gasteiger partial charge in [0.1, 0.15) is 5.82 Å². The number of hydrogen-bond donors (Lipinski definition) is 2. The number of aromatic nitrogens is 3. The van der Waals surface area contributed by atoms with E-state index in [-0.39, 0.29) is 5.41 Å². The van der Waals surface area contributed by atoms with Crippen molar-refractivity contribution in [1.82, 2.24) is 15.2 Å². The first-order valence-corrected chi connectivity index (χ1v) is 6.38. The van der Waals surface area contributed by atoms with Crippen LogP contribution in [-0.4, -0.2) is 34.8 Å². The Hall–Kier alpha value is -1.10. The fourth-order valence-electron chi connectivity index (χ4n) is 2.10. The number of nitrogens with one attached hydrogen (secondary N) is 1. The molecule has 0 saturated carbocycles. The smallest absolute Gasteiger partial charge is 0.244 e. The molecule has 0 amide bonds. The van der Waals surface area contributed by atoms with Crippen LogP contribution in [0.1, 0.15) is 39.4 Å². The molecule has 17 heavy (non-hydrogen) atoms. The lowest BCUT2D eigenvalue weighted by molar-refractivity contribution is 0.411. The summed E-state index contributed by atoms with van der Waals surface area (Å²) in [7, 11) is 0. The van der Waals surface area contributed by atoms with Gasteiger partial charge in [-0.05, 0) is 25.3 Å². The van der Waals surface area contributed by atoms with Gasteiger partial charge in [0.05, 0.1) is 0 Å². The van der Waals surface area contributed by atoms with Crippen molar-refractivity contribution in [3.05, 3.63) is 5.82 Å². The van der Waals surface area contributed by atoms with Crippen molar-refractivity contribution in [1.29, 1.82) is 0 Å². The van der Waals surface area contributed by atoms with Crippen molar-refractivity contribution in [2.75, 3.05) is 24.5 Å². The lowest BCUT2D eigenvalue weighted by atomic mass is 9.96. The number of rotatable bonds is 2. The van der Waals surface area contributed by atoms with Crippen LogP contribution < -0.4 is 10.6 Å². The van der Waals surface area contributed by atoms with Crippen LogP contribution >= 0.6 is 0 Å². The molecule has 1 aromatic rings. The highest BCUT2D eigenvalue weighted by molar-refractivity contribution is 5.30. The van der Waals surface area contributed by atoms with Crippen LogP contribution in [0.15, 0.2) is 0 Å². The first-order chi connectivity index (χ1) is 8.00. The summed E-state index contributed by atoms with van der Waals surface area (Å²) >= 11 is 0. The molecule has 0 spiro atoms. The van der Waals surface area contributed by atoms with E-state index in [1.807, 2.05) is 0 Å². The second-order valence-corrected chi connectivity index (χ2v) is 5.90. The zero-order chi connectivity index (χ0) is 12.5. The van der Waals surface area contributed by atoms with E-state index < -0.39 is 0 Å². The fourth-order valence-corrected chi connectivity index (χ4v) is 2.10. The number of piperidine rings is 1. The standard InChI is InChI=1S/C12H23N5/c1-12(2,3)10-14-11(16-15-10)17-6-4-9(8-13)5-7-17/h9H,4-8,13H2,1-3H3,(H,14,15,16). The summed E-state index contributed by atoms with van der Waals surface area (Å²) in [6, 6.07) is 0. The van der Waals surface area contributed by atoms with E-state index in [1.165, 1.54) is 0 Å². The van der Waals surface area contributed by atoms with Crippen molar-refractivity contribution >= 4 is 5.95 Å². The molecule has 1 aliphatic heterocycles. The Morgan fingerprint density at radius 2 is 2.00 bits per heavy atom. The van der Waals surface area contributed by atoms with Gasteiger partial charge in [0, 0.05) is 18.5 Å². The molecule has 96 valence electrons. The van der Waals surface area contributed by atoms with Crippen molar-refractivity contribution in [3.8, 4) is 0 Å². The molecular weight excluding hydrogens is 214 g/mol. The van der Waals surface area contributed by atoms with Gasteiger partial charge in [0.25, 0.3) is 0 Å². The molecule has 1 aliphatic rings. The predicted octanol–water partition coefficient (Wildman–Crippen LogP) is 1.28. The summed E-state index contributed by atoms with van der Waals surface area (Å²) in [4.78, 5) is 6.83. The van der Waals surface area contributed by atoms with E-state index >= 15 is 0 Å². The number of H-pyrrole nitrogens is 1. The molecule has 0 aliphatic carbocycles. The Morgan fingerprint density at radius 1 is 1.35 bits per heavy atom. The molecule has 0 bridgehead atoms. The van der Waals surface area contributed by atoms with Crippen LogP contribution in [0.5, 0.6) is 0 Å². The minimum absolute atomic E-state index is 0.0286. The molecule has 0 radical (unpaired) electrons. The first kappa shape index (κ1) is 12.4. The van der Waals surface area contributed by atoms with E-state index in [4.69, 9.17) is 5.73 Å². The largest absolute Gasteiger partial charge is 0.340 e. The molecule has 2 heterocycles. The van der Waals surface area contributed by atoms with Gasteiger partial charge in [-0.3, -0.25) is 5.10 Å². The van der Waals surface area contributed by atoms with Crippen LogP contribution in [-0.2, 0) is 5.41 Å². The van der Waals surface area contributed by atoms with Crippen LogP contribution in [0.4, 0.5) is 5.95 Å². The third-order valence-corrected chi connectivity index (χ3v) is 3.41. The van der Waals surface area contributed by atoms with E-state index in [2.05, 4.69) is 40.9 Å². The van der Waals surface area contributed by atoms with Gasteiger partial charge in [-0.1, -0.05) is 20.8 Å². The fraction of sp³-hybridized carbons (Fsp3) is 0.833. The molecule has 5 heteroatoms. The molecule has 3 N–H and O–H groups in total. The van der Waals surface area contributed by atoms with Gasteiger partial charge in [-0.25, -0.2) is 0 Å². The predicted molar refractivity (Wildman–Crippen MR) is 69.1 cm³/mol. The molecule has 0 unspecified atom stereocenters. The molecule has 0 aromatic carbocycles. The Balaban J connectivity index is 2.02. The first-order valence-electron chi connectivity index (χ1n) is 6.38. The third kappa shape index (κ3) is 2.77. The summed E-state index contributed by atoms with van der Waals surface area (Å²) in [6.45, 7) is 9.25. The summed E-state index contributed by atoms with van der Waals surface area (Å²) in [5.74, 6) is 2.46. The van der Waals surface area contributed by atoms with E-state index in [0.29, 0.717) is 5.92 Å². The number of hydrogen-bond acceptors (Lipinski definition) is 4. The number of nitrogens with two attached hydrogens (primary N) is 1. The van der Waals surface area contributed by atoms with Crippen LogP contribution in [0.2, 0.25) is 0 Å². The Kier molecular flexibility index (Phi) is 3.38. The third-order valence-electron chi connectivity index (χ3n) is 3.41. The van der Waals surface area contributed by atoms with Crippen molar-refractivity contribution < 1.29 is 0 Å². The van der Waals surface area contributed by atoms with Crippen LogP contribution in [0.25, 0.3) is 0 Å². The molecule has 2 rings (SSSR count). The minimum atomic E-state index is 0.0286. The normalized spacial score (nSPS) is 18.7. The second-order valence-electron chi connectivity index (χ2n) is 5.90. The van der Waals surface area contributed by atoms with E-state index in [1.54, 1.807) is 0 Å². The average Bonchev–Trinajstić information content (AvgIpc) is 2.78. The average molecular weight is 237 g/mol. The van der Waals surface area contributed by atoms with Gasteiger partial charge >= 0.3 is 0 Å². The van der Waals surface area contributed by atoms with E-state index in [0.717, 1.165) is 44.2 Å². The Bertz CT molecular complexity index is 357. The number of nitrogens with zero attached hydrogens (tertiary/aromatic N) is 3.